The Morgan fingerprint density at radius 3 is 2.50 bits per heavy atom. The Balaban J connectivity index is 2.92. The average molecular weight is 208 g/mol. The number of hydrogen-bond donors (Lipinski definition) is 1. The molecule has 1 aromatic heterocycles. The number of hydrogen-bond acceptors (Lipinski definition) is 3. The Kier molecular flexibility index (Phi) is 3.10. The first kappa shape index (κ1) is 11.0. The van der Waals surface area contributed by atoms with Crippen molar-refractivity contribution in [2.24, 2.45) is 5.73 Å². The molecule has 1 rings (SSSR count). The molecule has 0 saturated carbocycles. The van der Waals surface area contributed by atoms with E-state index in [0.29, 0.717) is 17.8 Å². The molecular formula is C7H11F3N4. The molecule has 4 nitrogen and oxygen atoms in total. The molecule has 0 bridgehead atoms. The summed E-state index contributed by atoms with van der Waals surface area (Å²) >= 11 is 0. The zero-order chi connectivity index (χ0) is 10.8. The molecule has 1 aromatic rings. The van der Waals surface area contributed by atoms with E-state index in [2.05, 4.69) is 10.3 Å². The molecule has 0 atom stereocenters. The van der Waals surface area contributed by atoms with Crippen LogP contribution < -0.4 is 5.73 Å². The number of aromatic nitrogens is 3. The van der Waals surface area contributed by atoms with Crippen LogP contribution in [-0.4, -0.2) is 21.2 Å². The minimum atomic E-state index is -4.27. The summed E-state index contributed by atoms with van der Waals surface area (Å²) in [5.74, 6) is 0. The Hall–Kier alpha value is -1.11. The Morgan fingerprint density at radius 1 is 1.43 bits per heavy atom. The van der Waals surface area contributed by atoms with Gasteiger partial charge in [0.1, 0.15) is 6.54 Å². The minimum absolute atomic E-state index is 0.112. The van der Waals surface area contributed by atoms with E-state index in [4.69, 9.17) is 5.73 Å². The lowest BCUT2D eigenvalue weighted by atomic mass is 10.2. The molecule has 1 heterocycles. The normalized spacial score (nSPS) is 12.1. The summed E-state index contributed by atoms with van der Waals surface area (Å²) < 4.78 is 37.0. The van der Waals surface area contributed by atoms with Crippen molar-refractivity contribution in [1.29, 1.82) is 0 Å². The molecule has 0 radical (unpaired) electrons. The van der Waals surface area contributed by atoms with Gasteiger partial charge in [-0.15, -0.1) is 5.10 Å². The summed E-state index contributed by atoms with van der Waals surface area (Å²) in [6.07, 6.45) is -3.83. The van der Waals surface area contributed by atoms with Crippen molar-refractivity contribution in [3.63, 3.8) is 0 Å². The van der Waals surface area contributed by atoms with Gasteiger partial charge in [-0.25, -0.2) is 4.68 Å². The van der Waals surface area contributed by atoms with Gasteiger partial charge in [-0.05, 0) is 6.42 Å². The van der Waals surface area contributed by atoms with Crippen LogP contribution in [0.5, 0.6) is 0 Å². The van der Waals surface area contributed by atoms with Gasteiger partial charge in [-0.2, -0.15) is 13.2 Å². The van der Waals surface area contributed by atoms with E-state index in [-0.39, 0.29) is 6.54 Å². The van der Waals surface area contributed by atoms with Crippen LogP contribution in [0.15, 0.2) is 0 Å². The van der Waals surface area contributed by atoms with Crippen LogP contribution >= 0.6 is 0 Å². The van der Waals surface area contributed by atoms with Crippen molar-refractivity contribution < 1.29 is 13.2 Å². The van der Waals surface area contributed by atoms with Gasteiger partial charge in [0.05, 0.1) is 11.4 Å². The van der Waals surface area contributed by atoms with Gasteiger partial charge in [-0.1, -0.05) is 12.1 Å². The molecule has 14 heavy (non-hydrogen) atoms. The van der Waals surface area contributed by atoms with Crippen LogP contribution in [0.1, 0.15) is 18.3 Å². The zero-order valence-electron chi connectivity index (χ0n) is 7.67. The van der Waals surface area contributed by atoms with Crippen LogP contribution in [0.4, 0.5) is 13.2 Å². The fraction of sp³-hybridized carbons (Fsp3) is 0.714. The third-order valence-corrected chi connectivity index (χ3v) is 1.78. The van der Waals surface area contributed by atoms with Gasteiger partial charge in [0.2, 0.25) is 0 Å². The molecule has 80 valence electrons. The summed E-state index contributed by atoms with van der Waals surface area (Å²) in [6.45, 7) is 0.745. The predicted molar refractivity (Wildman–Crippen MR) is 43.3 cm³/mol. The second-order valence-electron chi connectivity index (χ2n) is 2.81. The third kappa shape index (κ3) is 2.44. The fourth-order valence-electron chi connectivity index (χ4n) is 1.21. The first-order valence-corrected chi connectivity index (χ1v) is 4.16. The number of rotatable bonds is 3. The molecule has 0 aliphatic carbocycles. The quantitative estimate of drug-likeness (QED) is 0.801. The molecule has 0 fully saturated rings. The van der Waals surface area contributed by atoms with Crippen LogP contribution in [0, 0.1) is 0 Å². The lowest BCUT2D eigenvalue weighted by Crippen LogP contribution is -2.20. The van der Waals surface area contributed by atoms with E-state index in [1.807, 2.05) is 0 Å². The lowest BCUT2D eigenvalue weighted by molar-refractivity contribution is -0.143. The standard InChI is InChI=1S/C7H11F3N4/c1-2-6-5(3-11)12-13-14(6)4-7(8,9)10/h2-4,11H2,1H3. The highest BCUT2D eigenvalue weighted by molar-refractivity contribution is 5.09. The minimum Gasteiger partial charge on any atom is -0.325 e. The highest BCUT2D eigenvalue weighted by atomic mass is 19.4. The van der Waals surface area contributed by atoms with Crippen molar-refractivity contribution in [3.8, 4) is 0 Å². The molecule has 0 unspecified atom stereocenters. The molecule has 0 spiro atoms. The van der Waals surface area contributed by atoms with Crippen molar-refractivity contribution in [1.82, 2.24) is 15.0 Å². The van der Waals surface area contributed by atoms with E-state index in [0.717, 1.165) is 4.68 Å². The van der Waals surface area contributed by atoms with Crippen molar-refractivity contribution in [2.75, 3.05) is 0 Å². The van der Waals surface area contributed by atoms with E-state index in [1.54, 1.807) is 6.92 Å². The van der Waals surface area contributed by atoms with Crippen molar-refractivity contribution in [2.45, 2.75) is 32.6 Å². The topological polar surface area (TPSA) is 56.7 Å². The Morgan fingerprint density at radius 2 is 2.07 bits per heavy atom. The fourth-order valence-corrected chi connectivity index (χ4v) is 1.21. The number of nitrogens with zero attached hydrogens (tertiary/aromatic N) is 3. The van der Waals surface area contributed by atoms with Gasteiger partial charge in [0.25, 0.3) is 0 Å². The molecule has 0 amide bonds. The van der Waals surface area contributed by atoms with Crippen LogP contribution in [0.25, 0.3) is 0 Å². The summed E-state index contributed by atoms with van der Waals surface area (Å²) in [6, 6.07) is 0. The first-order chi connectivity index (χ1) is 6.48. The number of halogens is 3. The first-order valence-electron chi connectivity index (χ1n) is 4.16. The van der Waals surface area contributed by atoms with E-state index < -0.39 is 12.7 Å². The maximum Gasteiger partial charge on any atom is 0.408 e. The van der Waals surface area contributed by atoms with Gasteiger partial charge < -0.3 is 5.73 Å². The lowest BCUT2D eigenvalue weighted by Gasteiger charge is -2.08. The zero-order valence-corrected chi connectivity index (χ0v) is 7.67. The third-order valence-electron chi connectivity index (χ3n) is 1.78. The second-order valence-corrected chi connectivity index (χ2v) is 2.81. The molecule has 0 aromatic carbocycles. The van der Waals surface area contributed by atoms with Crippen LogP contribution in [0.2, 0.25) is 0 Å². The molecule has 7 heteroatoms. The summed E-state index contributed by atoms with van der Waals surface area (Å²) in [7, 11) is 0. The van der Waals surface area contributed by atoms with Gasteiger partial charge in [0, 0.05) is 6.54 Å². The maximum absolute atomic E-state index is 12.1. The van der Waals surface area contributed by atoms with Crippen LogP contribution in [-0.2, 0) is 19.5 Å². The summed E-state index contributed by atoms with van der Waals surface area (Å²) in [4.78, 5) is 0. The molecular weight excluding hydrogens is 197 g/mol. The highest BCUT2D eigenvalue weighted by Crippen LogP contribution is 2.18. The van der Waals surface area contributed by atoms with Crippen LogP contribution in [0.3, 0.4) is 0 Å². The number of nitrogens with two attached hydrogens (primary N) is 1. The maximum atomic E-state index is 12.1. The van der Waals surface area contributed by atoms with E-state index in [1.165, 1.54) is 0 Å². The smallest absolute Gasteiger partial charge is 0.325 e. The van der Waals surface area contributed by atoms with Gasteiger partial charge >= 0.3 is 6.18 Å². The highest BCUT2D eigenvalue weighted by Gasteiger charge is 2.30. The van der Waals surface area contributed by atoms with Gasteiger partial charge in [-0.3, -0.25) is 0 Å². The molecule has 0 aliphatic heterocycles. The summed E-state index contributed by atoms with van der Waals surface area (Å²) in [5, 5.41) is 6.99. The summed E-state index contributed by atoms with van der Waals surface area (Å²) in [5.41, 5.74) is 6.18. The SMILES string of the molecule is CCc1c(CN)nnn1CC(F)(F)F. The van der Waals surface area contributed by atoms with Gasteiger partial charge in [0.15, 0.2) is 0 Å². The predicted octanol–water partition coefficient (Wildman–Crippen LogP) is 0.861. The van der Waals surface area contributed by atoms with E-state index >= 15 is 0 Å². The molecule has 0 aliphatic rings. The molecule has 2 N–H and O–H groups in total. The average Bonchev–Trinajstić information content (AvgIpc) is 2.43. The number of alkyl halides is 3. The van der Waals surface area contributed by atoms with Crippen molar-refractivity contribution in [3.05, 3.63) is 11.4 Å². The Labute approximate surface area is 78.9 Å². The largest absolute Gasteiger partial charge is 0.408 e. The van der Waals surface area contributed by atoms with E-state index in [9.17, 15) is 13.2 Å². The Bertz CT molecular complexity index is 304. The monoisotopic (exact) mass is 208 g/mol. The molecule has 0 saturated heterocycles. The second kappa shape index (κ2) is 3.95. The van der Waals surface area contributed by atoms with Crippen molar-refractivity contribution >= 4 is 0 Å².